The van der Waals surface area contributed by atoms with Crippen molar-refractivity contribution >= 4 is 5.91 Å². The van der Waals surface area contributed by atoms with Crippen LogP contribution in [0.15, 0.2) is 10.5 Å². The Labute approximate surface area is 114 Å². The largest absolute Gasteiger partial charge is 0.466 e. The van der Waals surface area contributed by atoms with E-state index in [4.69, 9.17) is 9.15 Å². The van der Waals surface area contributed by atoms with Crippen LogP contribution in [0, 0.1) is 19.8 Å². The van der Waals surface area contributed by atoms with Crippen LogP contribution in [0.3, 0.4) is 0 Å². The normalized spacial score (nSPS) is 16.9. The fourth-order valence-electron chi connectivity index (χ4n) is 2.60. The van der Waals surface area contributed by atoms with Gasteiger partial charge in [-0.2, -0.15) is 0 Å². The first-order valence-corrected chi connectivity index (χ1v) is 7.05. The minimum atomic E-state index is 0.101. The minimum absolute atomic E-state index is 0.101. The lowest BCUT2D eigenvalue weighted by molar-refractivity contribution is 0.0550. The molecule has 0 saturated carbocycles. The third-order valence-electron chi connectivity index (χ3n) is 3.73. The fraction of sp³-hybridized carbons (Fsp3) is 0.667. The maximum Gasteiger partial charge on any atom is 0.257 e. The quantitative estimate of drug-likeness (QED) is 0.840. The summed E-state index contributed by atoms with van der Waals surface area (Å²) in [5.74, 6) is 2.21. The number of nitrogens with zero attached hydrogens (tertiary/aromatic N) is 1. The molecule has 0 unspecified atom stereocenters. The highest BCUT2D eigenvalue weighted by molar-refractivity contribution is 5.95. The average Bonchev–Trinajstić information content (AvgIpc) is 2.75. The Kier molecular flexibility index (Phi) is 4.64. The first-order valence-electron chi connectivity index (χ1n) is 7.05. The summed E-state index contributed by atoms with van der Waals surface area (Å²) in [5.41, 5.74) is 0.709. The maximum absolute atomic E-state index is 12.4. The summed E-state index contributed by atoms with van der Waals surface area (Å²) < 4.78 is 10.9. The van der Waals surface area contributed by atoms with Gasteiger partial charge in [-0.25, -0.2) is 0 Å². The first kappa shape index (κ1) is 14.1. The molecule has 4 nitrogen and oxygen atoms in total. The molecule has 1 aromatic rings. The Hall–Kier alpha value is -1.29. The van der Waals surface area contributed by atoms with Crippen LogP contribution >= 0.6 is 0 Å². The van der Waals surface area contributed by atoms with Crippen LogP contribution in [-0.4, -0.2) is 37.1 Å². The van der Waals surface area contributed by atoms with Crippen molar-refractivity contribution in [1.82, 2.24) is 4.90 Å². The second-order valence-electron chi connectivity index (χ2n) is 5.22. The molecular formula is C15H23NO3. The van der Waals surface area contributed by atoms with Crippen LogP contribution < -0.4 is 0 Å². The minimum Gasteiger partial charge on any atom is -0.466 e. The van der Waals surface area contributed by atoms with Crippen molar-refractivity contribution in [2.24, 2.45) is 5.92 Å². The number of rotatable bonds is 4. The fourth-order valence-corrected chi connectivity index (χ4v) is 2.60. The standard InChI is InChI=1S/C15H23NO3/c1-4-18-10-13-5-7-16(8-6-13)15(17)14-9-11(2)19-12(14)3/h9,13H,4-8,10H2,1-3H3. The van der Waals surface area contributed by atoms with Crippen LogP contribution in [0.25, 0.3) is 0 Å². The zero-order chi connectivity index (χ0) is 13.8. The molecule has 2 heterocycles. The Morgan fingerprint density at radius 2 is 2.11 bits per heavy atom. The van der Waals surface area contributed by atoms with Gasteiger partial charge in [0.2, 0.25) is 0 Å². The molecule has 2 rings (SSSR count). The monoisotopic (exact) mass is 265 g/mol. The number of hydrogen-bond acceptors (Lipinski definition) is 3. The number of carbonyl (C=O) groups is 1. The van der Waals surface area contributed by atoms with Crippen LogP contribution in [0.2, 0.25) is 0 Å². The average molecular weight is 265 g/mol. The van der Waals surface area contributed by atoms with E-state index < -0.39 is 0 Å². The third-order valence-corrected chi connectivity index (χ3v) is 3.73. The summed E-state index contributed by atoms with van der Waals surface area (Å²) in [6, 6.07) is 1.84. The zero-order valence-electron chi connectivity index (χ0n) is 12.1. The van der Waals surface area contributed by atoms with E-state index in [0.717, 1.165) is 50.7 Å². The number of carbonyl (C=O) groups excluding carboxylic acids is 1. The van der Waals surface area contributed by atoms with Gasteiger partial charge < -0.3 is 14.1 Å². The number of piperidine rings is 1. The molecule has 19 heavy (non-hydrogen) atoms. The predicted octanol–water partition coefficient (Wildman–Crippen LogP) is 2.79. The summed E-state index contributed by atoms with van der Waals surface area (Å²) >= 11 is 0. The molecule has 4 heteroatoms. The molecule has 0 radical (unpaired) electrons. The summed E-state index contributed by atoms with van der Waals surface area (Å²) in [7, 11) is 0. The maximum atomic E-state index is 12.4. The molecule has 0 atom stereocenters. The van der Waals surface area contributed by atoms with Crippen molar-refractivity contribution in [3.8, 4) is 0 Å². The van der Waals surface area contributed by atoms with E-state index in [9.17, 15) is 4.79 Å². The number of hydrogen-bond donors (Lipinski definition) is 0. The van der Waals surface area contributed by atoms with Gasteiger partial charge in [0, 0.05) is 26.3 Å². The van der Waals surface area contributed by atoms with E-state index in [-0.39, 0.29) is 5.91 Å². The van der Waals surface area contributed by atoms with E-state index in [1.54, 1.807) is 0 Å². The summed E-state index contributed by atoms with van der Waals surface area (Å²) in [6.45, 7) is 8.97. The van der Waals surface area contributed by atoms with Crippen molar-refractivity contribution < 1.29 is 13.9 Å². The molecule has 0 spiro atoms. The molecule has 1 aromatic heterocycles. The number of amides is 1. The summed E-state index contributed by atoms with van der Waals surface area (Å²) in [6.07, 6.45) is 2.06. The summed E-state index contributed by atoms with van der Waals surface area (Å²) in [5, 5.41) is 0. The van der Waals surface area contributed by atoms with Crippen molar-refractivity contribution in [1.29, 1.82) is 0 Å². The first-order chi connectivity index (χ1) is 9.11. The molecular weight excluding hydrogens is 242 g/mol. The van der Waals surface area contributed by atoms with E-state index in [0.29, 0.717) is 11.5 Å². The lowest BCUT2D eigenvalue weighted by atomic mass is 9.97. The van der Waals surface area contributed by atoms with Gasteiger partial charge in [-0.15, -0.1) is 0 Å². The zero-order valence-corrected chi connectivity index (χ0v) is 12.1. The SMILES string of the molecule is CCOCC1CCN(C(=O)c2cc(C)oc2C)CC1. The van der Waals surface area contributed by atoms with Crippen LogP contribution in [0.1, 0.15) is 41.6 Å². The Balaban J connectivity index is 1.91. The van der Waals surface area contributed by atoms with E-state index >= 15 is 0 Å². The third kappa shape index (κ3) is 3.38. The molecule has 1 fully saturated rings. The van der Waals surface area contributed by atoms with Gasteiger partial charge in [0.15, 0.2) is 0 Å². The molecule has 0 aliphatic carbocycles. The molecule has 1 amide bonds. The summed E-state index contributed by atoms with van der Waals surface area (Å²) in [4.78, 5) is 14.3. The molecule has 106 valence electrons. The molecule has 0 aromatic carbocycles. The van der Waals surface area contributed by atoms with Gasteiger partial charge in [-0.05, 0) is 45.6 Å². The van der Waals surface area contributed by atoms with Gasteiger partial charge in [0.25, 0.3) is 5.91 Å². The lowest BCUT2D eigenvalue weighted by Gasteiger charge is -2.31. The van der Waals surface area contributed by atoms with E-state index in [1.807, 2.05) is 31.7 Å². The number of ether oxygens (including phenoxy) is 1. The van der Waals surface area contributed by atoms with E-state index in [2.05, 4.69) is 0 Å². The predicted molar refractivity (Wildman–Crippen MR) is 73.3 cm³/mol. The molecule has 0 N–H and O–H groups in total. The van der Waals surface area contributed by atoms with Crippen molar-refractivity contribution in [3.05, 3.63) is 23.2 Å². The second kappa shape index (κ2) is 6.24. The van der Waals surface area contributed by atoms with Crippen LogP contribution in [0.4, 0.5) is 0 Å². The number of aryl methyl sites for hydroxylation is 2. The van der Waals surface area contributed by atoms with Crippen LogP contribution in [0.5, 0.6) is 0 Å². The van der Waals surface area contributed by atoms with Gasteiger partial charge in [-0.1, -0.05) is 0 Å². The highest BCUT2D eigenvalue weighted by Crippen LogP contribution is 2.22. The molecule has 0 bridgehead atoms. The highest BCUT2D eigenvalue weighted by atomic mass is 16.5. The van der Waals surface area contributed by atoms with Gasteiger partial charge in [-0.3, -0.25) is 4.79 Å². The van der Waals surface area contributed by atoms with Gasteiger partial charge >= 0.3 is 0 Å². The van der Waals surface area contributed by atoms with Gasteiger partial charge in [0.05, 0.1) is 5.56 Å². The Morgan fingerprint density at radius 1 is 1.42 bits per heavy atom. The van der Waals surface area contributed by atoms with Crippen molar-refractivity contribution in [3.63, 3.8) is 0 Å². The van der Waals surface area contributed by atoms with Crippen LogP contribution in [-0.2, 0) is 4.74 Å². The molecule has 1 aliphatic heterocycles. The topological polar surface area (TPSA) is 42.7 Å². The number of furan rings is 1. The van der Waals surface area contributed by atoms with Crippen molar-refractivity contribution in [2.75, 3.05) is 26.3 Å². The highest BCUT2D eigenvalue weighted by Gasteiger charge is 2.25. The Morgan fingerprint density at radius 3 is 2.63 bits per heavy atom. The lowest BCUT2D eigenvalue weighted by Crippen LogP contribution is -2.39. The molecule has 1 aliphatic rings. The van der Waals surface area contributed by atoms with Crippen molar-refractivity contribution in [2.45, 2.75) is 33.6 Å². The number of likely N-dealkylation sites (tertiary alicyclic amines) is 1. The van der Waals surface area contributed by atoms with Gasteiger partial charge in [0.1, 0.15) is 11.5 Å². The smallest absolute Gasteiger partial charge is 0.257 e. The van der Waals surface area contributed by atoms with E-state index in [1.165, 1.54) is 0 Å². The molecule has 1 saturated heterocycles. The Bertz CT molecular complexity index is 431. The second-order valence-corrected chi connectivity index (χ2v) is 5.22.